The van der Waals surface area contributed by atoms with E-state index >= 15 is 0 Å². The van der Waals surface area contributed by atoms with Crippen LogP contribution in [0.2, 0.25) is 15.1 Å². The second kappa shape index (κ2) is 12.1. The minimum absolute atomic E-state index is 0.241. The quantitative estimate of drug-likeness (QED) is 0.166. The largest absolute Gasteiger partial charge is 0.462 e. The summed E-state index contributed by atoms with van der Waals surface area (Å²) in [4.78, 5) is 13.6. The number of hydrogen-bond donors (Lipinski definition) is 2. The normalized spacial score (nSPS) is 10.8. The van der Waals surface area contributed by atoms with Crippen LogP contribution in [0.3, 0.4) is 0 Å². The molecule has 186 valence electrons. The van der Waals surface area contributed by atoms with Gasteiger partial charge in [0.05, 0.1) is 18.7 Å². The summed E-state index contributed by atoms with van der Waals surface area (Å²) in [6.07, 6.45) is 2.36. The lowest BCUT2D eigenvalue weighted by Gasteiger charge is -2.09. The summed E-state index contributed by atoms with van der Waals surface area (Å²) in [6.45, 7) is 2.44. The molecule has 0 saturated heterocycles. The lowest BCUT2D eigenvalue weighted by molar-refractivity contribution is 0.0528. The Hall–Kier alpha value is -2.62. The Morgan fingerprint density at radius 2 is 1.86 bits per heavy atom. The van der Waals surface area contributed by atoms with Gasteiger partial charge in [0.1, 0.15) is 10.0 Å². The average molecular weight is 580 g/mol. The molecule has 0 radical (unpaired) electrons. The third-order valence-electron chi connectivity index (χ3n) is 5.02. The summed E-state index contributed by atoms with van der Waals surface area (Å²) < 4.78 is 6.88. The highest BCUT2D eigenvalue weighted by atomic mass is 35.5. The number of aromatic nitrogens is 2. The average Bonchev–Trinajstić information content (AvgIpc) is 3.38. The first-order chi connectivity index (χ1) is 17.3. The monoisotopic (exact) mass is 578 g/mol. The van der Waals surface area contributed by atoms with Crippen molar-refractivity contribution < 1.29 is 9.53 Å². The summed E-state index contributed by atoms with van der Waals surface area (Å²) in [5.41, 5.74) is 2.40. The Morgan fingerprint density at radius 3 is 2.58 bits per heavy atom. The summed E-state index contributed by atoms with van der Waals surface area (Å²) in [7, 11) is 0. The zero-order chi connectivity index (χ0) is 25.7. The molecule has 36 heavy (non-hydrogen) atoms. The highest BCUT2D eigenvalue weighted by molar-refractivity contribution is 7.80. The number of carbonyl (C=O) groups excluding carboxylic acids is 1. The maximum atomic E-state index is 12.6. The van der Waals surface area contributed by atoms with Crippen molar-refractivity contribution in [3.05, 3.63) is 97.4 Å². The van der Waals surface area contributed by atoms with E-state index in [0.29, 0.717) is 44.4 Å². The molecule has 2 N–H and O–H groups in total. The lowest BCUT2D eigenvalue weighted by Crippen LogP contribution is -2.20. The molecule has 11 heteroatoms. The fourth-order valence-corrected chi connectivity index (χ4v) is 5.42. The molecule has 0 spiro atoms. The lowest BCUT2D eigenvalue weighted by atomic mass is 10.1. The Kier molecular flexibility index (Phi) is 8.87. The van der Waals surface area contributed by atoms with Gasteiger partial charge in [-0.25, -0.2) is 4.79 Å². The first-order valence-electron chi connectivity index (χ1n) is 10.9. The van der Waals surface area contributed by atoms with E-state index in [9.17, 15) is 4.79 Å². The molecule has 2 heterocycles. The summed E-state index contributed by atoms with van der Waals surface area (Å²) in [5, 5.41) is 12.9. The predicted molar refractivity (Wildman–Crippen MR) is 152 cm³/mol. The van der Waals surface area contributed by atoms with Crippen molar-refractivity contribution in [2.45, 2.75) is 19.9 Å². The molecule has 0 unspecified atom stereocenters. The Balaban J connectivity index is 1.48. The summed E-state index contributed by atoms with van der Waals surface area (Å²) >= 11 is 25.6. The van der Waals surface area contributed by atoms with Crippen molar-refractivity contribution in [2.24, 2.45) is 0 Å². The molecular formula is C25H21Cl3N4O2S2. The van der Waals surface area contributed by atoms with Gasteiger partial charge >= 0.3 is 5.97 Å². The fraction of sp³-hybridized carbons (Fsp3) is 0.160. The molecule has 4 rings (SSSR count). The Morgan fingerprint density at radius 1 is 1.08 bits per heavy atom. The molecule has 0 fully saturated rings. The van der Waals surface area contributed by atoms with Crippen LogP contribution in [0.15, 0.2) is 60.8 Å². The molecule has 2 aromatic heterocycles. The number of hydrogen-bond acceptors (Lipinski definition) is 5. The Labute approximate surface area is 233 Å². The zero-order valence-corrected chi connectivity index (χ0v) is 23.0. The maximum absolute atomic E-state index is 12.6. The number of ether oxygens (including phenoxy) is 1. The van der Waals surface area contributed by atoms with Gasteiger partial charge in [0.25, 0.3) is 0 Å². The van der Waals surface area contributed by atoms with Crippen molar-refractivity contribution in [1.82, 2.24) is 9.78 Å². The number of halogens is 3. The van der Waals surface area contributed by atoms with Gasteiger partial charge in [-0.05, 0) is 48.5 Å². The van der Waals surface area contributed by atoms with Crippen LogP contribution in [0, 0.1) is 0 Å². The number of anilines is 2. The molecule has 0 aliphatic carbocycles. The van der Waals surface area contributed by atoms with Crippen molar-refractivity contribution in [1.29, 1.82) is 0 Å². The van der Waals surface area contributed by atoms with E-state index < -0.39 is 5.97 Å². The van der Waals surface area contributed by atoms with Gasteiger partial charge in [-0.15, -0.1) is 11.3 Å². The minimum atomic E-state index is -0.416. The van der Waals surface area contributed by atoms with Crippen LogP contribution in [0.5, 0.6) is 0 Å². The minimum Gasteiger partial charge on any atom is -0.462 e. The second-order valence-corrected chi connectivity index (χ2v) is 10.5. The van der Waals surface area contributed by atoms with E-state index in [1.165, 1.54) is 11.3 Å². The maximum Gasteiger partial charge on any atom is 0.341 e. The van der Waals surface area contributed by atoms with Gasteiger partial charge in [0.15, 0.2) is 10.9 Å². The van der Waals surface area contributed by atoms with Crippen LogP contribution in [-0.4, -0.2) is 27.5 Å². The third kappa shape index (κ3) is 6.78. The van der Waals surface area contributed by atoms with Crippen LogP contribution in [0.4, 0.5) is 10.8 Å². The van der Waals surface area contributed by atoms with Crippen LogP contribution in [-0.2, 0) is 17.7 Å². The van der Waals surface area contributed by atoms with Crippen molar-refractivity contribution in [3.63, 3.8) is 0 Å². The molecule has 2 aromatic carbocycles. The van der Waals surface area contributed by atoms with E-state index in [0.717, 1.165) is 16.0 Å². The Bertz CT molecular complexity index is 1390. The fourth-order valence-electron chi connectivity index (χ4n) is 3.41. The number of benzene rings is 2. The number of nitrogens with one attached hydrogen (secondary N) is 2. The molecule has 0 bridgehead atoms. The van der Waals surface area contributed by atoms with Crippen LogP contribution in [0.25, 0.3) is 0 Å². The first kappa shape index (κ1) is 26.4. The molecule has 0 aliphatic rings. The van der Waals surface area contributed by atoms with Crippen molar-refractivity contribution in [2.75, 3.05) is 17.2 Å². The zero-order valence-electron chi connectivity index (χ0n) is 19.1. The summed E-state index contributed by atoms with van der Waals surface area (Å²) in [6, 6.07) is 17.1. The van der Waals surface area contributed by atoms with Crippen LogP contribution >= 0.6 is 58.4 Å². The van der Waals surface area contributed by atoms with E-state index in [1.54, 1.807) is 29.9 Å². The van der Waals surface area contributed by atoms with Crippen molar-refractivity contribution in [3.8, 4) is 0 Å². The smallest absolute Gasteiger partial charge is 0.341 e. The molecule has 0 atom stereocenters. The number of rotatable bonds is 8. The highest BCUT2D eigenvalue weighted by Crippen LogP contribution is 2.31. The molecule has 0 aliphatic heterocycles. The van der Waals surface area contributed by atoms with E-state index in [4.69, 9.17) is 51.8 Å². The molecule has 0 saturated carbocycles. The van der Waals surface area contributed by atoms with E-state index in [-0.39, 0.29) is 11.7 Å². The molecule has 0 amide bonds. The van der Waals surface area contributed by atoms with Gasteiger partial charge < -0.3 is 15.4 Å². The number of nitrogens with zero attached hydrogens (tertiary/aromatic N) is 2. The van der Waals surface area contributed by atoms with Gasteiger partial charge in [-0.1, -0.05) is 71.2 Å². The van der Waals surface area contributed by atoms with Gasteiger partial charge in [0.2, 0.25) is 0 Å². The standard InChI is InChI=1S/C25H21Cl3N4O2S2/c1-2-34-24(33)19-12-18(10-15-6-4-3-5-7-15)36-23(19)30-25(35)29-22-21(28)14-32(31-22)13-16-8-9-17(26)11-20(16)27/h3-9,11-12,14H,2,10,13H2,1H3,(H2,29,30,31,35). The number of carbonyl (C=O) groups is 1. The summed E-state index contributed by atoms with van der Waals surface area (Å²) in [5.74, 6) is -0.0430. The SMILES string of the molecule is CCOC(=O)c1cc(Cc2ccccc2)sc1NC(=S)Nc1nn(Cc2ccc(Cl)cc2Cl)cc1Cl. The van der Waals surface area contributed by atoms with Gasteiger partial charge in [-0.2, -0.15) is 5.10 Å². The first-order valence-corrected chi connectivity index (χ1v) is 13.3. The molecule has 6 nitrogen and oxygen atoms in total. The number of esters is 1. The second-order valence-electron chi connectivity index (χ2n) is 7.68. The number of thiophene rings is 1. The molecular weight excluding hydrogens is 559 g/mol. The van der Waals surface area contributed by atoms with Crippen LogP contribution in [0.1, 0.15) is 33.3 Å². The van der Waals surface area contributed by atoms with E-state index in [2.05, 4.69) is 15.7 Å². The topological polar surface area (TPSA) is 68.2 Å². The molecule has 4 aromatic rings. The van der Waals surface area contributed by atoms with Crippen molar-refractivity contribution >= 4 is 80.3 Å². The highest BCUT2D eigenvalue weighted by Gasteiger charge is 2.19. The van der Waals surface area contributed by atoms with Gasteiger partial charge in [0, 0.05) is 27.5 Å². The predicted octanol–water partition coefficient (Wildman–Crippen LogP) is 7.53. The van der Waals surface area contributed by atoms with E-state index in [1.807, 2.05) is 42.5 Å². The van der Waals surface area contributed by atoms with Gasteiger partial charge in [-0.3, -0.25) is 4.68 Å². The van der Waals surface area contributed by atoms with Crippen LogP contribution < -0.4 is 10.6 Å². The third-order valence-corrected chi connectivity index (χ3v) is 7.14. The number of thiocarbonyl (C=S) groups is 1.